The van der Waals surface area contributed by atoms with Gasteiger partial charge in [0.2, 0.25) is 0 Å². The second kappa shape index (κ2) is 9.72. The molecule has 31 heavy (non-hydrogen) atoms. The predicted molar refractivity (Wildman–Crippen MR) is 120 cm³/mol. The molecule has 3 aromatic heterocycles. The lowest BCUT2D eigenvalue weighted by molar-refractivity contribution is -0.0974. The van der Waals surface area contributed by atoms with Gasteiger partial charge in [0.05, 0.1) is 18.4 Å². The highest BCUT2D eigenvalue weighted by Crippen LogP contribution is 2.29. The summed E-state index contributed by atoms with van der Waals surface area (Å²) in [7, 11) is 0. The van der Waals surface area contributed by atoms with Crippen molar-refractivity contribution in [3.05, 3.63) is 65.2 Å². The Balaban J connectivity index is 1.37. The summed E-state index contributed by atoms with van der Waals surface area (Å²) in [6.45, 7) is 5.96. The highest BCUT2D eigenvalue weighted by molar-refractivity contribution is 7.14. The van der Waals surface area contributed by atoms with Gasteiger partial charge in [0.1, 0.15) is 11.3 Å². The van der Waals surface area contributed by atoms with E-state index in [1.54, 1.807) is 12.4 Å². The minimum absolute atomic E-state index is 0.152. The standard InChI is InChI=1S/C23H28N4O3S/c1-23(2,30-15-18-6-3-4-13-29-18)20-16-31-22(25-20)26-21(28)19-7-5-12-27(19)14-17-8-10-24-11-9-17/h5,7-12,16,18H,3-4,6,13-15H2,1-2H3,(H,25,26,28). The summed E-state index contributed by atoms with van der Waals surface area (Å²) in [6.07, 6.45) is 8.89. The number of rotatable bonds is 8. The molecule has 3 aromatic rings. The van der Waals surface area contributed by atoms with Crippen LogP contribution in [0.15, 0.2) is 48.2 Å². The topological polar surface area (TPSA) is 78.3 Å². The summed E-state index contributed by atoms with van der Waals surface area (Å²) < 4.78 is 13.8. The largest absolute Gasteiger partial charge is 0.376 e. The van der Waals surface area contributed by atoms with Crippen molar-refractivity contribution in [1.29, 1.82) is 0 Å². The molecule has 0 aromatic carbocycles. The molecule has 7 nitrogen and oxygen atoms in total. The third kappa shape index (κ3) is 5.58. The fourth-order valence-corrected chi connectivity index (χ4v) is 4.39. The average Bonchev–Trinajstić information content (AvgIpc) is 3.44. The van der Waals surface area contributed by atoms with Crippen LogP contribution in [0.1, 0.15) is 54.9 Å². The van der Waals surface area contributed by atoms with Crippen LogP contribution in [0, 0.1) is 0 Å². The van der Waals surface area contributed by atoms with Crippen LogP contribution in [-0.2, 0) is 21.6 Å². The Labute approximate surface area is 186 Å². The number of hydrogen-bond donors (Lipinski definition) is 1. The Hall–Kier alpha value is -2.55. The monoisotopic (exact) mass is 440 g/mol. The lowest BCUT2D eigenvalue weighted by Gasteiger charge is -2.28. The molecule has 1 aliphatic heterocycles. The Kier molecular flexibility index (Phi) is 6.80. The van der Waals surface area contributed by atoms with Gasteiger partial charge in [-0.1, -0.05) is 0 Å². The van der Waals surface area contributed by atoms with Crippen molar-refractivity contribution in [2.24, 2.45) is 0 Å². The maximum Gasteiger partial charge on any atom is 0.274 e. The lowest BCUT2D eigenvalue weighted by Crippen LogP contribution is -2.31. The van der Waals surface area contributed by atoms with Gasteiger partial charge >= 0.3 is 0 Å². The molecule has 0 radical (unpaired) electrons. The number of pyridine rings is 1. The molecule has 0 spiro atoms. The molecule has 4 heterocycles. The minimum Gasteiger partial charge on any atom is -0.376 e. The number of carbonyl (C=O) groups excluding carboxylic acids is 1. The van der Waals surface area contributed by atoms with E-state index in [1.807, 2.05) is 54.3 Å². The SMILES string of the molecule is CC(C)(OCC1CCCCO1)c1csc(NC(=O)c2cccn2Cc2ccncc2)n1. The van der Waals surface area contributed by atoms with E-state index in [0.29, 0.717) is 24.0 Å². The van der Waals surface area contributed by atoms with Gasteiger partial charge < -0.3 is 14.0 Å². The van der Waals surface area contributed by atoms with Crippen molar-refractivity contribution in [3.63, 3.8) is 0 Å². The number of nitrogens with zero attached hydrogens (tertiary/aromatic N) is 3. The van der Waals surface area contributed by atoms with Crippen molar-refractivity contribution >= 4 is 22.4 Å². The van der Waals surface area contributed by atoms with E-state index >= 15 is 0 Å². The van der Waals surface area contributed by atoms with Crippen molar-refractivity contribution in [2.75, 3.05) is 18.5 Å². The molecule has 1 atom stereocenters. The molecule has 0 saturated carbocycles. The second-order valence-electron chi connectivity index (χ2n) is 8.18. The van der Waals surface area contributed by atoms with Crippen molar-refractivity contribution in [2.45, 2.75) is 51.4 Å². The molecule has 1 saturated heterocycles. The van der Waals surface area contributed by atoms with E-state index in [9.17, 15) is 4.79 Å². The van der Waals surface area contributed by atoms with E-state index in [0.717, 1.165) is 30.7 Å². The van der Waals surface area contributed by atoms with Crippen LogP contribution in [0.3, 0.4) is 0 Å². The van der Waals surface area contributed by atoms with Gasteiger partial charge in [0.15, 0.2) is 5.13 Å². The van der Waals surface area contributed by atoms with Crippen molar-refractivity contribution < 1.29 is 14.3 Å². The maximum atomic E-state index is 12.9. The van der Waals surface area contributed by atoms with Crippen LogP contribution in [0.25, 0.3) is 0 Å². The quantitative estimate of drug-likeness (QED) is 0.559. The van der Waals surface area contributed by atoms with E-state index < -0.39 is 5.60 Å². The molecular weight excluding hydrogens is 412 g/mol. The fraction of sp³-hybridized carbons (Fsp3) is 0.435. The molecule has 0 bridgehead atoms. The number of ether oxygens (including phenoxy) is 2. The first kappa shape index (κ1) is 21.7. The van der Waals surface area contributed by atoms with E-state index in [1.165, 1.54) is 17.8 Å². The van der Waals surface area contributed by atoms with Crippen LogP contribution >= 0.6 is 11.3 Å². The summed E-state index contributed by atoms with van der Waals surface area (Å²) in [5, 5.41) is 5.42. The van der Waals surface area contributed by atoms with Gasteiger partial charge in [-0.15, -0.1) is 11.3 Å². The molecule has 8 heteroatoms. The first-order chi connectivity index (χ1) is 15.0. The number of anilines is 1. The smallest absolute Gasteiger partial charge is 0.274 e. The number of nitrogens with one attached hydrogen (secondary N) is 1. The highest BCUT2D eigenvalue weighted by atomic mass is 32.1. The summed E-state index contributed by atoms with van der Waals surface area (Å²) in [5.74, 6) is -0.186. The van der Waals surface area contributed by atoms with Crippen LogP contribution < -0.4 is 5.32 Å². The van der Waals surface area contributed by atoms with E-state index in [2.05, 4.69) is 15.3 Å². The summed E-state index contributed by atoms with van der Waals surface area (Å²) >= 11 is 1.40. The maximum absolute atomic E-state index is 12.9. The molecule has 1 aliphatic rings. The molecular formula is C23H28N4O3S. The molecule has 1 amide bonds. The Bertz CT molecular complexity index is 993. The zero-order valence-electron chi connectivity index (χ0n) is 17.9. The zero-order valence-corrected chi connectivity index (χ0v) is 18.7. The number of carbonyl (C=O) groups is 1. The van der Waals surface area contributed by atoms with Crippen LogP contribution in [0.4, 0.5) is 5.13 Å². The highest BCUT2D eigenvalue weighted by Gasteiger charge is 2.27. The second-order valence-corrected chi connectivity index (χ2v) is 9.04. The van der Waals surface area contributed by atoms with E-state index in [4.69, 9.17) is 9.47 Å². The summed E-state index contributed by atoms with van der Waals surface area (Å²) in [5.41, 5.74) is 1.91. The number of thiazole rings is 1. The molecule has 4 rings (SSSR count). The summed E-state index contributed by atoms with van der Waals surface area (Å²) in [6, 6.07) is 7.56. The van der Waals surface area contributed by atoms with Crippen LogP contribution in [0.2, 0.25) is 0 Å². The first-order valence-electron chi connectivity index (χ1n) is 10.6. The van der Waals surface area contributed by atoms with Gasteiger partial charge in [-0.2, -0.15) is 0 Å². The van der Waals surface area contributed by atoms with Gasteiger partial charge in [0, 0.05) is 37.1 Å². The number of hydrogen-bond acceptors (Lipinski definition) is 6. The third-order valence-corrected chi connectivity index (χ3v) is 6.17. The fourth-order valence-electron chi connectivity index (χ4n) is 3.53. The van der Waals surface area contributed by atoms with Crippen LogP contribution in [0.5, 0.6) is 0 Å². The minimum atomic E-state index is -0.554. The molecule has 0 aliphatic carbocycles. The summed E-state index contributed by atoms with van der Waals surface area (Å²) in [4.78, 5) is 21.5. The number of amides is 1. The van der Waals surface area contributed by atoms with Crippen LogP contribution in [-0.4, -0.2) is 39.8 Å². The third-order valence-electron chi connectivity index (χ3n) is 5.41. The van der Waals surface area contributed by atoms with Gasteiger partial charge in [0.25, 0.3) is 5.91 Å². The zero-order chi connectivity index (χ0) is 21.7. The predicted octanol–water partition coefficient (Wildman–Crippen LogP) is 4.46. The van der Waals surface area contributed by atoms with E-state index in [-0.39, 0.29) is 12.0 Å². The molecule has 1 N–H and O–H groups in total. The molecule has 1 fully saturated rings. The normalized spacial score (nSPS) is 16.9. The first-order valence-corrected chi connectivity index (χ1v) is 11.5. The Morgan fingerprint density at radius 2 is 2.16 bits per heavy atom. The van der Waals surface area contributed by atoms with Crippen molar-refractivity contribution in [3.8, 4) is 0 Å². The average molecular weight is 441 g/mol. The molecule has 164 valence electrons. The van der Waals surface area contributed by atoms with Gasteiger partial charge in [-0.3, -0.25) is 15.1 Å². The molecule has 1 unspecified atom stereocenters. The Morgan fingerprint density at radius 3 is 2.94 bits per heavy atom. The number of aromatic nitrogens is 3. The van der Waals surface area contributed by atoms with Gasteiger partial charge in [-0.25, -0.2) is 4.98 Å². The van der Waals surface area contributed by atoms with Crippen molar-refractivity contribution in [1.82, 2.24) is 14.5 Å². The Morgan fingerprint density at radius 1 is 1.32 bits per heavy atom. The lowest BCUT2D eigenvalue weighted by atomic mass is 10.1. The van der Waals surface area contributed by atoms with Gasteiger partial charge in [-0.05, 0) is 62.9 Å².